The van der Waals surface area contributed by atoms with Gasteiger partial charge in [0.05, 0.1) is 0 Å². The zero-order valence-electron chi connectivity index (χ0n) is 6.28. The van der Waals surface area contributed by atoms with E-state index in [1.54, 1.807) is 6.92 Å². The second-order valence-corrected chi connectivity index (χ2v) is 1.89. The van der Waals surface area contributed by atoms with Crippen molar-refractivity contribution in [2.24, 2.45) is 0 Å². The molecule has 0 fully saturated rings. The van der Waals surface area contributed by atoms with Crippen LogP contribution in [0.25, 0.3) is 11.2 Å². The van der Waals surface area contributed by atoms with Crippen LogP contribution in [0.1, 0.15) is 6.92 Å². The monoisotopic (exact) mass is 174 g/mol. The molecule has 0 amide bonds. The number of benzene rings is 1. The van der Waals surface area contributed by atoms with E-state index in [9.17, 15) is 0 Å². The summed E-state index contributed by atoms with van der Waals surface area (Å²) in [4.78, 5) is 0. The highest BCUT2D eigenvalue weighted by atomic mass is 35.5. The lowest BCUT2D eigenvalue weighted by atomic mass is 10.4. The Labute approximate surface area is 71.6 Å². The molecule has 0 aliphatic rings. The molecule has 0 unspecified atom stereocenters. The third kappa shape index (κ3) is 2.78. The number of aliphatic hydroxyl groups is 1. The fraction of sp³-hybridized carbons (Fsp3) is 0.250. The average Bonchev–Trinajstić information content (AvgIpc) is 2.49. The smallest absolute Gasteiger partial charge is 0.127 e. The van der Waals surface area contributed by atoms with Crippen molar-refractivity contribution >= 4 is 23.6 Å². The van der Waals surface area contributed by atoms with E-state index in [0.29, 0.717) is 0 Å². The second-order valence-electron chi connectivity index (χ2n) is 1.89. The number of hydrogen-bond donors (Lipinski definition) is 1. The summed E-state index contributed by atoms with van der Waals surface area (Å²) in [5.74, 6) is 0. The molecular weight excluding hydrogens is 164 g/mol. The lowest BCUT2D eigenvalue weighted by Gasteiger charge is -1.60. The van der Waals surface area contributed by atoms with E-state index < -0.39 is 0 Å². The van der Waals surface area contributed by atoms with E-state index in [-0.39, 0.29) is 19.0 Å². The van der Waals surface area contributed by atoms with E-state index in [4.69, 9.17) is 9.52 Å². The number of hydrogen-bond acceptors (Lipinski definition) is 2. The third-order valence-electron chi connectivity index (χ3n) is 1.06. The van der Waals surface area contributed by atoms with Gasteiger partial charge in [-0.1, -0.05) is 0 Å². The Morgan fingerprint density at radius 3 is 1.55 bits per heavy atom. The molecule has 62 valence electrons. The number of fused-ring (bicyclic) bond motifs is 2. The molecule has 2 heterocycles. The molecule has 0 aromatic carbocycles. The van der Waals surface area contributed by atoms with Crippen LogP contribution >= 0.6 is 12.4 Å². The van der Waals surface area contributed by atoms with Gasteiger partial charge in [-0.05, 0) is 31.2 Å². The summed E-state index contributed by atoms with van der Waals surface area (Å²) in [5, 5.41) is 7.57. The van der Waals surface area contributed by atoms with Crippen LogP contribution in [0.15, 0.2) is 28.7 Å². The molecule has 11 heavy (non-hydrogen) atoms. The molecule has 1 N–H and O–H groups in total. The first kappa shape index (κ1) is 10.3. The number of aliphatic hydroxyl groups excluding tert-OH is 1. The average molecular weight is 175 g/mol. The van der Waals surface area contributed by atoms with Gasteiger partial charge in [-0.15, -0.1) is 12.4 Å². The van der Waals surface area contributed by atoms with Crippen molar-refractivity contribution in [1.82, 2.24) is 0 Å². The van der Waals surface area contributed by atoms with Crippen molar-refractivity contribution < 1.29 is 9.52 Å². The Kier molecular flexibility index (Phi) is 4.66. The van der Waals surface area contributed by atoms with Crippen molar-refractivity contribution in [2.45, 2.75) is 6.92 Å². The number of halogens is 1. The first-order valence-corrected chi connectivity index (χ1v) is 3.25. The van der Waals surface area contributed by atoms with Gasteiger partial charge < -0.3 is 9.52 Å². The minimum atomic E-state index is 0. The Morgan fingerprint density at radius 2 is 1.45 bits per heavy atom. The van der Waals surface area contributed by atoms with Crippen LogP contribution < -0.4 is 0 Å². The lowest BCUT2D eigenvalue weighted by molar-refractivity contribution is 0.318. The molecule has 0 radical (unpaired) electrons. The molecule has 2 aromatic rings. The minimum Gasteiger partial charge on any atom is -0.457 e. The summed E-state index contributed by atoms with van der Waals surface area (Å²) in [7, 11) is 0. The van der Waals surface area contributed by atoms with E-state index >= 15 is 0 Å². The maximum Gasteiger partial charge on any atom is 0.127 e. The fourth-order valence-corrected chi connectivity index (χ4v) is 0.712. The van der Waals surface area contributed by atoms with Gasteiger partial charge in [-0.3, -0.25) is 0 Å². The number of rotatable bonds is 0. The molecular formula is C8H11ClO2. The lowest BCUT2D eigenvalue weighted by Crippen LogP contribution is -1.57. The predicted molar refractivity (Wildman–Crippen MR) is 47.4 cm³/mol. The summed E-state index contributed by atoms with van der Waals surface area (Å²) in [6, 6.07) is 7.81. The summed E-state index contributed by atoms with van der Waals surface area (Å²) in [5.41, 5.74) is 1.94. The van der Waals surface area contributed by atoms with E-state index in [1.165, 1.54) is 0 Å². The summed E-state index contributed by atoms with van der Waals surface area (Å²) in [6.07, 6.45) is 0. The summed E-state index contributed by atoms with van der Waals surface area (Å²) >= 11 is 0. The van der Waals surface area contributed by atoms with Gasteiger partial charge in [0.2, 0.25) is 0 Å². The Balaban J connectivity index is 0.000000225. The zero-order chi connectivity index (χ0) is 7.40. The summed E-state index contributed by atoms with van der Waals surface area (Å²) < 4.78 is 5.08. The van der Waals surface area contributed by atoms with Gasteiger partial charge in [0.25, 0.3) is 0 Å². The molecule has 2 aromatic heterocycles. The highest BCUT2D eigenvalue weighted by Crippen LogP contribution is 2.13. The predicted octanol–water partition coefficient (Wildman–Crippen LogP) is 2.29. The molecule has 0 atom stereocenters. The number of furan rings is 2. The van der Waals surface area contributed by atoms with Crippen molar-refractivity contribution in [3.63, 3.8) is 0 Å². The molecule has 0 saturated carbocycles. The van der Waals surface area contributed by atoms with Crippen LogP contribution in [0.4, 0.5) is 0 Å². The van der Waals surface area contributed by atoms with Gasteiger partial charge in [0, 0.05) is 6.61 Å². The van der Waals surface area contributed by atoms with Crippen molar-refractivity contribution in [1.29, 1.82) is 0 Å². The first-order chi connectivity index (χ1) is 4.86. The van der Waals surface area contributed by atoms with Gasteiger partial charge >= 0.3 is 0 Å². The van der Waals surface area contributed by atoms with E-state index in [1.807, 2.05) is 24.3 Å². The van der Waals surface area contributed by atoms with Gasteiger partial charge in [0.1, 0.15) is 11.2 Å². The van der Waals surface area contributed by atoms with Crippen molar-refractivity contribution in [3.05, 3.63) is 24.3 Å². The Bertz CT molecular complexity index is 221. The van der Waals surface area contributed by atoms with Crippen LogP contribution in [0.3, 0.4) is 0 Å². The molecule has 0 saturated heterocycles. The zero-order valence-corrected chi connectivity index (χ0v) is 7.10. The van der Waals surface area contributed by atoms with Gasteiger partial charge in [-0.25, -0.2) is 0 Å². The van der Waals surface area contributed by atoms with E-state index in [0.717, 1.165) is 11.2 Å². The quantitative estimate of drug-likeness (QED) is 0.665. The van der Waals surface area contributed by atoms with Gasteiger partial charge in [-0.2, -0.15) is 0 Å². The topological polar surface area (TPSA) is 33.4 Å². The standard InChI is InChI=1S/C6H4O.C2H6O.ClH/c1-2-6-4-3-5(1)7-6;1-2-3;/h1-4H;3H,2H2,1H3;1H. The van der Waals surface area contributed by atoms with Gasteiger partial charge in [0.15, 0.2) is 0 Å². The van der Waals surface area contributed by atoms with Crippen molar-refractivity contribution in [2.75, 3.05) is 6.61 Å². The highest BCUT2D eigenvalue weighted by molar-refractivity contribution is 5.85. The van der Waals surface area contributed by atoms with Crippen molar-refractivity contribution in [3.8, 4) is 0 Å². The largest absolute Gasteiger partial charge is 0.457 e. The molecule has 2 bridgehead atoms. The molecule has 2 nitrogen and oxygen atoms in total. The molecule has 3 heteroatoms. The fourth-order valence-electron chi connectivity index (χ4n) is 0.712. The molecule has 2 rings (SSSR count). The summed E-state index contributed by atoms with van der Waals surface area (Å²) in [6.45, 7) is 1.93. The maximum absolute atomic E-state index is 7.57. The van der Waals surface area contributed by atoms with E-state index in [2.05, 4.69) is 0 Å². The van der Waals surface area contributed by atoms with Crippen LogP contribution in [0, 0.1) is 0 Å². The van der Waals surface area contributed by atoms with Crippen LogP contribution in [0.5, 0.6) is 0 Å². The van der Waals surface area contributed by atoms with Crippen LogP contribution in [0.2, 0.25) is 0 Å². The maximum atomic E-state index is 7.57. The first-order valence-electron chi connectivity index (χ1n) is 3.25. The molecule has 0 aliphatic carbocycles. The SMILES string of the molecule is CCO.Cl.c1cc2ccc1o2. The minimum absolute atomic E-state index is 0. The Hall–Kier alpha value is -0.730. The third-order valence-corrected chi connectivity index (χ3v) is 1.06. The second kappa shape index (κ2) is 4.99. The Morgan fingerprint density at radius 1 is 1.18 bits per heavy atom. The normalized spacial score (nSPS) is 8.55. The molecule has 0 aliphatic heterocycles. The highest BCUT2D eigenvalue weighted by Gasteiger charge is 1.91. The van der Waals surface area contributed by atoms with Crippen LogP contribution in [-0.2, 0) is 0 Å². The molecule has 0 spiro atoms. The van der Waals surface area contributed by atoms with Crippen LogP contribution in [-0.4, -0.2) is 11.7 Å².